The number of halogens is 1. The molecule has 0 spiro atoms. The van der Waals surface area contributed by atoms with Gasteiger partial charge in [-0.3, -0.25) is 0 Å². The molecule has 104 valence electrons. The second-order valence-electron chi connectivity index (χ2n) is 6.62. The minimum atomic E-state index is 0.254. The Labute approximate surface area is 121 Å². The Morgan fingerprint density at radius 1 is 1.21 bits per heavy atom. The van der Waals surface area contributed by atoms with Gasteiger partial charge in [0.2, 0.25) is 0 Å². The third-order valence-corrected chi connectivity index (χ3v) is 4.75. The number of hydrogen-bond acceptors (Lipinski definition) is 2. The Hall–Kier alpha value is -0.570. The summed E-state index contributed by atoms with van der Waals surface area (Å²) in [7, 11) is 0. The molecule has 1 unspecified atom stereocenters. The summed E-state index contributed by atoms with van der Waals surface area (Å²) in [4.78, 5) is 0. The zero-order valence-corrected chi connectivity index (χ0v) is 12.6. The first-order valence-corrected chi connectivity index (χ1v) is 7.73. The van der Waals surface area contributed by atoms with Crippen LogP contribution in [0.15, 0.2) is 18.2 Å². The summed E-state index contributed by atoms with van der Waals surface area (Å²) >= 11 is 6.18. The Kier molecular flexibility index (Phi) is 3.59. The number of benzene rings is 1. The molecule has 1 aromatic carbocycles. The van der Waals surface area contributed by atoms with Crippen LogP contribution in [0.4, 0.5) is 0 Å². The fraction of sp³-hybridized carbons (Fsp3) is 0.625. The minimum Gasteiger partial charge on any atom is -0.247 e. The summed E-state index contributed by atoms with van der Waals surface area (Å²) in [5.74, 6) is 0. The smallest absolute Gasteiger partial charge is 0.0522 e. The normalized spacial score (nSPS) is 26.4. The van der Waals surface area contributed by atoms with E-state index in [4.69, 9.17) is 11.6 Å². The van der Waals surface area contributed by atoms with Crippen molar-refractivity contribution in [2.45, 2.75) is 45.6 Å². The molecule has 1 aromatic rings. The molecule has 19 heavy (non-hydrogen) atoms. The number of nitrogens with one attached hydrogen (secondary N) is 1. The van der Waals surface area contributed by atoms with Crippen molar-refractivity contribution in [3.05, 3.63) is 34.3 Å². The molecule has 1 fully saturated rings. The van der Waals surface area contributed by atoms with Gasteiger partial charge in [0.25, 0.3) is 0 Å². The van der Waals surface area contributed by atoms with Crippen LogP contribution >= 0.6 is 11.6 Å². The maximum atomic E-state index is 6.18. The summed E-state index contributed by atoms with van der Waals surface area (Å²) in [6, 6.07) is 6.74. The maximum Gasteiger partial charge on any atom is 0.0522 e. The Morgan fingerprint density at radius 2 is 1.95 bits per heavy atom. The quantitative estimate of drug-likeness (QED) is 0.881. The summed E-state index contributed by atoms with van der Waals surface area (Å²) in [6.07, 6.45) is 5.12. The highest BCUT2D eigenvalue weighted by Gasteiger charge is 2.39. The molecule has 0 radical (unpaired) electrons. The zero-order valence-electron chi connectivity index (χ0n) is 11.9. The molecule has 1 heterocycles. The highest BCUT2D eigenvalue weighted by Crippen LogP contribution is 2.46. The first kappa shape index (κ1) is 13.4. The van der Waals surface area contributed by atoms with Gasteiger partial charge >= 0.3 is 0 Å². The molecular weight excluding hydrogens is 256 g/mol. The van der Waals surface area contributed by atoms with Gasteiger partial charge in [-0.05, 0) is 47.9 Å². The predicted octanol–water partition coefficient (Wildman–Crippen LogP) is 3.95. The second-order valence-corrected chi connectivity index (χ2v) is 7.05. The number of nitrogens with zero attached hydrogens (tertiary/aromatic N) is 1. The Balaban J connectivity index is 1.84. The topological polar surface area (TPSA) is 15.3 Å². The molecule has 1 atom stereocenters. The number of piperidine rings is 1. The molecule has 2 nitrogen and oxygen atoms in total. The molecule has 0 amide bonds. The van der Waals surface area contributed by atoms with Gasteiger partial charge in [0.1, 0.15) is 0 Å². The monoisotopic (exact) mass is 278 g/mol. The van der Waals surface area contributed by atoms with Gasteiger partial charge in [0, 0.05) is 18.1 Å². The second kappa shape index (κ2) is 5.08. The van der Waals surface area contributed by atoms with Crippen LogP contribution in [0, 0.1) is 5.41 Å². The van der Waals surface area contributed by atoms with Crippen molar-refractivity contribution in [1.82, 2.24) is 10.4 Å². The van der Waals surface area contributed by atoms with E-state index >= 15 is 0 Å². The van der Waals surface area contributed by atoms with E-state index in [9.17, 15) is 0 Å². The van der Waals surface area contributed by atoms with Gasteiger partial charge in [-0.15, -0.1) is 0 Å². The summed E-state index contributed by atoms with van der Waals surface area (Å²) in [5, 5.41) is 3.26. The first-order valence-electron chi connectivity index (χ1n) is 7.36. The number of fused-ring (bicyclic) bond motifs is 1. The van der Waals surface area contributed by atoms with E-state index < -0.39 is 0 Å². The van der Waals surface area contributed by atoms with Gasteiger partial charge in [0.15, 0.2) is 0 Å². The summed E-state index contributed by atoms with van der Waals surface area (Å²) < 4.78 is 0. The van der Waals surface area contributed by atoms with E-state index in [2.05, 4.69) is 36.4 Å². The number of hydrogen-bond donors (Lipinski definition) is 1. The summed E-state index contributed by atoms with van der Waals surface area (Å²) in [5.41, 5.74) is 6.86. The van der Waals surface area contributed by atoms with E-state index in [0.29, 0.717) is 6.04 Å². The van der Waals surface area contributed by atoms with Crippen LogP contribution in [0.3, 0.4) is 0 Å². The lowest BCUT2D eigenvalue weighted by atomic mass is 9.86. The van der Waals surface area contributed by atoms with Gasteiger partial charge in [-0.25, -0.2) is 10.4 Å². The first-order chi connectivity index (χ1) is 9.06. The lowest BCUT2D eigenvalue weighted by Gasteiger charge is -2.36. The molecule has 3 heteroatoms. The molecule has 1 saturated heterocycles. The van der Waals surface area contributed by atoms with Crippen LogP contribution in [0.1, 0.15) is 50.3 Å². The summed E-state index contributed by atoms with van der Waals surface area (Å²) in [6.45, 7) is 7.04. The Bertz CT molecular complexity index is 464. The van der Waals surface area contributed by atoms with Gasteiger partial charge < -0.3 is 0 Å². The molecule has 0 saturated carbocycles. The van der Waals surface area contributed by atoms with Crippen molar-refractivity contribution in [3.8, 4) is 0 Å². The fourth-order valence-corrected chi connectivity index (χ4v) is 3.64. The van der Waals surface area contributed by atoms with Crippen LogP contribution < -0.4 is 5.43 Å². The molecule has 1 aliphatic heterocycles. The third kappa shape index (κ3) is 2.67. The molecular formula is C16H23ClN2. The Morgan fingerprint density at radius 3 is 2.68 bits per heavy atom. The molecule has 0 aromatic heterocycles. The van der Waals surface area contributed by atoms with Crippen molar-refractivity contribution < 1.29 is 0 Å². The van der Waals surface area contributed by atoms with E-state index in [0.717, 1.165) is 11.4 Å². The van der Waals surface area contributed by atoms with Crippen molar-refractivity contribution in [3.63, 3.8) is 0 Å². The van der Waals surface area contributed by atoms with Crippen molar-refractivity contribution >= 4 is 11.6 Å². The minimum absolute atomic E-state index is 0.254. The van der Waals surface area contributed by atoms with Gasteiger partial charge in [-0.1, -0.05) is 37.9 Å². The highest BCUT2D eigenvalue weighted by atomic mass is 35.5. The van der Waals surface area contributed by atoms with Crippen molar-refractivity contribution in [2.24, 2.45) is 5.41 Å². The molecule has 3 rings (SSSR count). The number of rotatable bonds is 2. The predicted molar refractivity (Wildman–Crippen MR) is 80.2 cm³/mol. The van der Waals surface area contributed by atoms with Crippen molar-refractivity contribution in [2.75, 3.05) is 13.1 Å². The fourth-order valence-electron chi connectivity index (χ4n) is 3.46. The van der Waals surface area contributed by atoms with Crippen LogP contribution in [0.25, 0.3) is 0 Å². The molecule has 0 bridgehead atoms. The van der Waals surface area contributed by atoms with Crippen LogP contribution in [0.2, 0.25) is 5.02 Å². The standard InChI is InChI=1S/C16H23ClN2/c1-16(2)11-12-6-7-13(17)10-14(12)15(16)18-19-8-4-3-5-9-19/h6-7,10,15,18H,3-5,8-9,11H2,1-2H3. The molecule has 2 aliphatic rings. The largest absolute Gasteiger partial charge is 0.247 e. The van der Waals surface area contributed by atoms with Crippen LogP contribution in [0.5, 0.6) is 0 Å². The van der Waals surface area contributed by atoms with Gasteiger partial charge in [-0.2, -0.15) is 0 Å². The van der Waals surface area contributed by atoms with E-state index in [1.807, 2.05) is 6.07 Å². The number of hydrazine groups is 1. The van der Waals surface area contributed by atoms with Crippen molar-refractivity contribution in [1.29, 1.82) is 0 Å². The average Bonchev–Trinajstić information content (AvgIpc) is 2.62. The SMILES string of the molecule is CC1(C)Cc2ccc(Cl)cc2C1NN1CCCCC1. The van der Waals surface area contributed by atoms with Crippen LogP contribution in [-0.2, 0) is 6.42 Å². The molecule has 1 N–H and O–H groups in total. The third-order valence-electron chi connectivity index (χ3n) is 4.51. The highest BCUT2D eigenvalue weighted by molar-refractivity contribution is 6.30. The van der Waals surface area contributed by atoms with Crippen LogP contribution in [-0.4, -0.2) is 18.1 Å². The molecule has 1 aliphatic carbocycles. The van der Waals surface area contributed by atoms with E-state index in [1.54, 1.807) is 0 Å². The van der Waals surface area contributed by atoms with E-state index in [-0.39, 0.29) is 5.41 Å². The average molecular weight is 279 g/mol. The maximum absolute atomic E-state index is 6.18. The lowest BCUT2D eigenvalue weighted by molar-refractivity contribution is 0.0880. The van der Waals surface area contributed by atoms with Gasteiger partial charge in [0.05, 0.1) is 6.04 Å². The zero-order chi connectivity index (χ0) is 13.5. The van der Waals surface area contributed by atoms with E-state index in [1.165, 1.54) is 43.5 Å². The lowest BCUT2D eigenvalue weighted by Crippen LogP contribution is -2.46.